The van der Waals surface area contributed by atoms with E-state index < -0.39 is 11.7 Å². The number of hydrogen-bond donors (Lipinski definition) is 2. The first kappa shape index (κ1) is 16.4. The van der Waals surface area contributed by atoms with E-state index in [4.69, 9.17) is 9.84 Å². The molecule has 6 heteroatoms. The monoisotopic (exact) mass is 333 g/mol. The molecular weight excluding hydrogens is 316 g/mol. The smallest absolute Gasteiger partial charge is 0.227 e. The average molecular weight is 333 g/mol. The van der Waals surface area contributed by atoms with Gasteiger partial charge in [0, 0.05) is 12.1 Å². The maximum absolute atomic E-state index is 13.6. The lowest BCUT2D eigenvalue weighted by atomic mass is 9.96. The van der Waals surface area contributed by atoms with E-state index in [0.717, 1.165) is 0 Å². The van der Waals surface area contributed by atoms with E-state index >= 15 is 0 Å². The van der Waals surface area contributed by atoms with Crippen molar-refractivity contribution >= 4 is 5.91 Å². The molecular formula is C18H17F2NO3. The van der Waals surface area contributed by atoms with Gasteiger partial charge in [-0.2, -0.15) is 0 Å². The van der Waals surface area contributed by atoms with E-state index in [1.807, 2.05) is 0 Å². The van der Waals surface area contributed by atoms with E-state index in [9.17, 15) is 13.6 Å². The molecule has 0 bridgehead atoms. The Labute approximate surface area is 138 Å². The quantitative estimate of drug-likeness (QED) is 0.903. The van der Waals surface area contributed by atoms with E-state index in [1.54, 1.807) is 12.1 Å². The third-order valence-electron chi connectivity index (χ3n) is 4.05. The van der Waals surface area contributed by atoms with Crippen LogP contribution < -0.4 is 10.1 Å². The summed E-state index contributed by atoms with van der Waals surface area (Å²) in [6.45, 7) is 0.0318. The van der Waals surface area contributed by atoms with Gasteiger partial charge in [-0.3, -0.25) is 4.79 Å². The highest BCUT2D eigenvalue weighted by Gasteiger charge is 2.26. The molecule has 2 aromatic carbocycles. The Bertz CT molecular complexity index is 764. The molecule has 2 N–H and O–H groups in total. The highest BCUT2D eigenvalue weighted by atomic mass is 19.1. The Hall–Kier alpha value is -2.47. The molecule has 3 rings (SSSR count). The number of fused-ring (bicyclic) bond motifs is 1. The summed E-state index contributed by atoms with van der Waals surface area (Å²) in [5, 5.41) is 11.7. The molecule has 0 radical (unpaired) electrons. The second kappa shape index (κ2) is 6.97. The van der Waals surface area contributed by atoms with Crippen LogP contribution in [0, 0.1) is 17.6 Å². The van der Waals surface area contributed by atoms with E-state index in [2.05, 4.69) is 5.32 Å². The molecule has 0 saturated heterocycles. The topological polar surface area (TPSA) is 58.6 Å². The molecule has 4 nitrogen and oxygen atoms in total. The summed E-state index contributed by atoms with van der Waals surface area (Å²) in [4.78, 5) is 12.3. The van der Waals surface area contributed by atoms with Crippen molar-refractivity contribution in [1.29, 1.82) is 0 Å². The lowest BCUT2D eigenvalue weighted by Gasteiger charge is -2.24. The minimum atomic E-state index is -0.505. The van der Waals surface area contributed by atoms with Crippen LogP contribution in [-0.2, 0) is 24.4 Å². The molecule has 0 spiro atoms. The van der Waals surface area contributed by atoms with Crippen molar-refractivity contribution in [3.63, 3.8) is 0 Å². The molecule has 0 saturated carbocycles. The number of ether oxygens (including phenoxy) is 1. The Morgan fingerprint density at radius 2 is 2.08 bits per heavy atom. The number of halogens is 2. The van der Waals surface area contributed by atoms with Gasteiger partial charge >= 0.3 is 0 Å². The first-order chi connectivity index (χ1) is 11.6. The third-order valence-corrected chi connectivity index (χ3v) is 4.05. The zero-order valence-corrected chi connectivity index (χ0v) is 12.9. The van der Waals surface area contributed by atoms with E-state index in [-0.39, 0.29) is 37.0 Å². The van der Waals surface area contributed by atoms with Crippen LogP contribution in [0.25, 0.3) is 0 Å². The fourth-order valence-electron chi connectivity index (χ4n) is 2.69. The van der Waals surface area contributed by atoms with Gasteiger partial charge in [0.1, 0.15) is 24.0 Å². The molecule has 1 atom stereocenters. The number of nitrogens with one attached hydrogen (secondary N) is 1. The van der Waals surface area contributed by atoms with E-state index in [1.165, 1.54) is 24.3 Å². The normalized spacial score (nSPS) is 16.2. The Kier molecular flexibility index (Phi) is 4.76. The van der Waals surface area contributed by atoms with Crippen molar-refractivity contribution in [2.75, 3.05) is 6.61 Å². The summed E-state index contributed by atoms with van der Waals surface area (Å²) in [5.41, 5.74) is 1.48. The van der Waals surface area contributed by atoms with Gasteiger partial charge < -0.3 is 15.2 Å². The van der Waals surface area contributed by atoms with Gasteiger partial charge in [-0.15, -0.1) is 0 Å². The molecule has 1 amide bonds. The summed E-state index contributed by atoms with van der Waals surface area (Å²) < 4.78 is 32.4. The van der Waals surface area contributed by atoms with Crippen LogP contribution in [-0.4, -0.2) is 17.6 Å². The summed E-state index contributed by atoms with van der Waals surface area (Å²) in [6.07, 6.45) is 0.400. The number of rotatable bonds is 4. The van der Waals surface area contributed by atoms with Gasteiger partial charge in [-0.05, 0) is 41.8 Å². The van der Waals surface area contributed by atoms with Gasteiger partial charge in [-0.25, -0.2) is 8.78 Å². The van der Waals surface area contributed by atoms with Gasteiger partial charge in [0.2, 0.25) is 5.91 Å². The van der Waals surface area contributed by atoms with Crippen LogP contribution in [0.3, 0.4) is 0 Å². The van der Waals surface area contributed by atoms with Crippen LogP contribution in [0.2, 0.25) is 0 Å². The number of carbonyl (C=O) groups excluding carboxylic acids is 1. The SMILES string of the molecule is O=C(NCc1ccc(CO)c(F)c1)C1COc2ccc(F)cc2C1. The molecule has 1 aliphatic heterocycles. The number of amides is 1. The molecule has 0 fully saturated rings. The molecule has 1 aliphatic rings. The van der Waals surface area contributed by atoms with Gasteiger partial charge in [-0.1, -0.05) is 12.1 Å². The summed E-state index contributed by atoms with van der Waals surface area (Å²) in [7, 11) is 0. The van der Waals surface area contributed by atoms with Crippen molar-refractivity contribution in [2.45, 2.75) is 19.6 Å². The van der Waals surface area contributed by atoms with Gasteiger partial charge in [0.05, 0.1) is 12.5 Å². The standard InChI is InChI=1S/C18H17F2NO3/c19-15-3-4-17-13(7-15)6-14(10-24-17)18(23)21-8-11-1-2-12(9-22)16(20)5-11/h1-5,7,14,22H,6,8-10H2,(H,21,23). The minimum absolute atomic E-state index is 0.175. The number of benzene rings is 2. The molecule has 24 heavy (non-hydrogen) atoms. The average Bonchev–Trinajstić information content (AvgIpc) is 2.59. The summed E-state index contributed by atoms with van der Waals surface area (Å²) >= 11 is 0. The fourth-order valence-corrected chi connectivity index (χ4v) is 2.69. The number of aliphatic hydroxyl groups is 1. The molecule has 126 valence electrons. The predicted molar refractivity (Wildman–Crippen MR) is 83.3 cm³/mol. The largest absolute Gasteiger partial charge is 0.492 e. The third kappa shape index (κ3) is 3.54. The lowest BCUT2D eigenvalue weighted by Crippen LogP contribution is -2.37. The lowest BCUT2D eigenvalue weighted by molar-refractivity contribution is -0.126. The van der Waals surface area contributed by atoms with Crippen molar-refractivity contribution in [3.05, 3.63) is 64.7 Å². The second-order valence-electron chi connectivity index (χ2n) is 5.77. The number of carbonyl (C=O) groups is 1. The maximum Gasteiger partial charge on any atom is 0.227 e. The van der Waals surface area contributed by atoms with Crippen LogP contribution in [0.15, 0.2) is 36.4 Å². The zero-order valence-electron chi connectivity index (χ0n) is 12.9. The second-order valence-corrected chi connectivity index (χ2v) is 5.77. The molecule has 1 heterocycles. The Morgan fingerprint density at radius 3 is 2.83 bits per heavy atom. The number of hydrogen-bond acceptors (Lipinski definition) is 3. The van der Waals surface area contributed by atoms with Crippen molar-refractivity contribution in [1.82, 2.24) is 5.32 Å². The fraction of sp³-hybridized carbons (Fsp3) is 0.278. The molecule has 1 unspecified atom stereocenters. The zero-order chi connectivity index (χ0) is 17.1. The Morgan fingerprint density at radius 1 is 1.25 bits per heavy atom. The minimum Gasteiger partial charge on any atom is -0.492 e. The van der Waals surface area contributed by atoms with Crippen molar-refractivity contribution in [3.8, 4) is 5.75 Å². The van der Waals surface area contributed by atoms with Crippen LogP contribution in [0.4, 0.5) is 8.78 Å². The summed E-state index contributed by atoms with van der Waals surface area (Å²) in [6, 6.07) is 8.68. The maximum atomic E-state index is 13.6. The van der Waals surface area contributed by atoms with Gasteiger partial charge in [0.15, 0.2) is 0 Å². The van der Waals surface area contributed by atoms with Crippen LogP contribution in [0.5, 0.6) is 5.75 Å². The number of aliphatic hydroxyl groups excluding tert-OH is 1. The van der Waals surface area contributed by atoms with Crippen LogP contribution >= 0.6 is 0 Å². The molecule has 2 aromatic rings. The first-order valence-electron chi connectivity index (χ1n) is 7.64. The van der Waals surface area contributed by atoms with E-state index in [0.29, 0.717) is 23.3 Å². The van der Waals surface area contributed by atoms with Crippen LogP contribution in [0.1, 0.15) is 16.7 Å². The van der Waals surface area contributed by atoms with Crippen molar-refractivity contribution < 1.29 is 23.4 Å². The highest BCUT2D eigenvalue weighted by molar-refractivity contribution is 5.79. The Balaban J connectivity index is 1.61. The predicted octanol–water partition coefficient (Wildman–Crippen LogP) is 2.32. The first-order valence-corrected chi connectivity index (χ1v) is 7.64. The van der Waals surface area contributed by atoms with Gasteiger partial charge in [0.25, 0.3) is 0 Å². The molecule has 0 aliphatic carbocycles. The van der Waals surface area contributed by atoms with Crippen molar-refractivity contribution in [2.24, 2.45) is 5.92 Å². The molecule has 0 aromatic heterocycles. The summed E-state index contributed by atoms with van der Waals surface area (Å²) in [5.74, 6) is -0.910. The highest BCUT2D eigenvalue weighted by Crippen LogP contribution is 2.28.